The molecular formula is C129H87N3. The molecule has 0 bridgehead atoms. The topological polar surface area (TPSA) is 38.7 Å². The van der Waals surface area contributed by atoms with E-state index in [1.165, 1.54) is 0 Å². The van der Waals surface area contributed by atoms with Crippen LogP contribution in [-0.2, 0) is 0 Å². The molecule has 0 fully saturated rings. The van der Waals surface area contributed by atoms with E-state index >= 15 is 0 Å². The molecule has 618 valence electrons. The van der Waals surface area contributed by atoms with Crippen LogP contribution >= 0.6 is 0 Å². The van der Waals surface area contributed by atoms with Crippen molar-refractivity contribution in [1.29, 1.82) is 0 Å². The molecule has 3 heterocycles. The van der Waals surface area contributed by atoms with Crippen LogP contribution in [0.25, 0.3) is 234 Å². The summed E-state index contributed by atoms with van der Waals surface area (Å²) >= 11 is 0. The maximum atomic E-state index is 4.99. The number of pyridine rings is 3. The Kier molecular flexibility index (Phi) is 22.3. The van der Waals surface area contributed by atoms with Gasteiger partial charge in [-0.2, -0.15) is 0 Å². The minimum atomic E-state index is 0.897. The summed E-state index contributed by atoms with van der Waals surface area (Å²) in [6.07, 6.45) is 5.66. The number of nitrogens with zero attached hydrogens (tertiary/aromatic N) is 3. The maximum Gasteiger partial charge on any atom is 0.0702 e. The van der Waals surface area contributed by atoms with Crippen molar-refractivity contribution in [2.75, 3.05) is 0 Å². The molecule has 22 aromatic rings. The van der Waals surface area contributed by atoms with E-state index in [4.69, 9.17) is 15.0 Å². The van der Waals surface area contributed by atoms with Crippen molar-refractivity contribution < 1.29 is 0 Å². The van der Waals surface area contributed by atoms with Crippen LogP contribution in [0.1, 0.15) is 0 Å². The number of aromatic nitrogens is 3. The molecule has 3 nitrogen and oxygen atoms in total. The van der Waals surface area contributed by atoms with Crippen LogP contribution in [0, 0.1) is 0 Å². The highest BCUT2D eigenvalue weighted by atomic mass is 14.7. The summed E-state index contributed by atoms with van der Waals surface area (Å²) in [6, 6.07) is 187. The summed E-state index contributed by atoms with van der Waals surface area (Å²) in [5, 5.41) is 0. The van der Waals surface area contributed by atoms with Crippen molar-refractivity contribution >= 4 is 0 Å². The zero-order valence-electron chi connectivity index (χ0n) is 72.6. The highest BCUT2D eigenvalue weighted by Crippen LogP contribution is 2.50. The fourth-order valence-corrected chi connectivity index (χ4v) is 18.9. The Hall–Kier alpha value is -17.4. The van der Waals surface area contributed by atoms with Crippen molar-refractivity contribution in [3.8, 4) is 234 Å². The quantitative estimate of drug-likeness (QED) is 0.0720. The van der Waals surface area contributed by atoms with Crippen LogP contribution in [0.2, 0.25) is 0 Å². The molecule has 0 saturated carbocycles. The zero-order chi connectivity index (χ0) is 87.9. The molecule has 132 heavy (non-hydrogen) atoms. The van der Waals surface area contributed by atoms with E-state index in [2.05, 4.69) is 491 Å². The van der Waals surface area contributed by atoms with Crippen LogP contribution in [0.3, 0.4) is 0 Å². The second kappa shape index (κ2) is 36.5. The smallest absolute Gasteiger partial charge is 0.0702 e. The fourth-order valence-electron chi connectivity index (χ4n) is 18.9. The zero-order valence-corrected chi connectivity index (χ0v) is 72.6. The van der Waals surface area contributed by atoms with Crippen LogP contribution in [-0.4, -0.2) is 15.0 Å². The van der Waals surface area contributed by atoms with Crippen molar-refractivity contribution in [2.24, 2.45) is 0 Å². The number of hydrogen-bond acceptors (Lipinski definition) is 3. The lowest BCUT2D eigenvalue weighted by molar-refractivity contribution is 1.33. The van der Waals surface area contributed by atoms with Crippen LogP contribution in [0.4, 0.5) is 0 Å². The monoisotopic (exact) mass is 1680 g/mol. The summed E-state index contributed by atoms with van der Waals surface area (Å²) in [6.45, 7) is 0. The molecule has 19 aromatic carbocycles. The first kappa shape index (κ1) is 80.5. The summed E-state index contributed by atoms with van der Waals surface area (Å²) in [7, 11) is 0. The molecule has 0 amide bonds. The number of benzene rings is 19. The van der Waals surface area contributed by atoms with Gasteiger partial charge in [0.25, 0.3) is 0 Å². The number of rotatable bonds is 21. The van der Waals surface area contributed by atoms with E-state index in [1.807, 2.05) is 36.8 Å². The molecule has 0 aliphatic rings. The van der Waals surface area contributed by atoms with Crippen molar-refractivity contribution in [3.63, 3.8) is 0 Å². The van der Waals surface area contributed by atoms with Gasteiger partial charge in [-0.15, -0.1) is 0 Å². The minimum absolute atomic E-state index is 0.897. The molecule has 3 aromatic heterocycles. The Morgan fingerprint density at radius 3 is 0.485 bits per heavy atom. The van der Waals surface area contributed by atoms with Gasteiger partial charge in [0.05, 0.1) is 17.1 Å². The maximum absolute atomic E-state index is 4.99. The van der Waals surface area contributed by atoms with Crippen molar-refractivity contribution in [2.45, 2.75) is 0 Å². The van der Waals surface area contributed by atoms with Gasteiger partial charge in [0.15, 0.2) is 0 Å². The van der Waals surface area contributed by atoms with Crippen LogP contribution < -0.4 is 0 Å². The molecule has 0 radical (unpaired) electrons. The highest BCUT2D eigenvalue weighted by Gasteiger charge is 2.24. The Morgan fingerprint density at radius 1 is 0.0833 bits per heavy atom. The largest absolute Gasteiger partial charge is 0.256 e. The van der Waals surface area contributed by atoms with Crippen molar-refractivity contribution in [3.05, 3.63) is 528 Å². The Labute approximate surface area is 771 Å². The molecule has 0 aliphatic heterocycles. The van der Waals surface area contributed by atoms with Gasteiger partial charge in [0.2, 0.25) is 0 Å². The van der Waals surface area contributed by atoms with E-state index in [0.29, 0.717) is 0 Å². The predicted octanol–water partition coefficient (Wildman–Crippen LogP) is 34.9. The molecule has 0 N–H and O–H groups in total. The van der Waals surface area contributed by atoms with Gasteiger partial charge in [-0.3, -0.25) is 15.0 Å². The van der Waals surface area contributed by atoms with Gasteiger partial charge in [-0.05, 0) is 346 Å². The minimum Gasteiger partial charge on any atom is -0.256 e. The molecule has 0 atom stereocenters. The second-order valence-electron chi connectivity index (χ2n) is 33.7. The van der Waals surface area contributed by atoms with E-state index in [0.717, 1.165) is 234 Å². The molecule has 0 saturated heterocycles. The summed E-state index contributed by atoms with van der Waals surface area (Å²) in [5.41, 5.74) is 45.8. The van der Waals surface area contributed by atoms with Gasteiger partial charge in [0, 0.05) is 35.3 Å². The van der Waals surface area contributed by atoms with E-state index in [-0.39, 0.29) is 0 Å². The summed E-state index contributed by atoms with van der Waals surface area (Å²) in [5.74, 6) is 0. The molecule has 0 unspecified atom stereocenters. The Morgan fingerprint density at radius 2 is 0.258 bits per heavy atom. The first-order valence-electron chi connectivity index (χ1n) is 45.1. The van der Waals surface area contributed by atoms with Gasteiger partial charge < -0.3 is 0 Å². The summed E-state index contributed by atoms with van der Waals surface area (Å²) < 4.78 is 0. The van der Waals surface area contributed by atoms with Gasteiger partial charge >= 0.3 is 0 Å². The third-order valence-electron chi connectivity index (χ3n) is 25.4. The first-order valence-corrected chi connectivity index (χ1v) is 45.1. The predicted molar refractivity (Wildman–Crippen MR) is 554 cm³/mol. The standard InChI is InChI=1S/C129H87N3/c1-7-34-88(35-8-1)103-73-104(89-36-9-2-10-37-89)77-109(76-103)94-46-31-49-97(70-94)124-85-100(127-58-25-28-67-130-127)61-64-121(124)118-55-22-19-52-115(118)112-82-113(116-53-20-23-56-119(116)122-65-62-101(128-59-26-29-68-131-128)86-125(122)98-50-32-47-95(71-98)110-78-105(90-38-11-3-12-39-90)74-106(79-110)91-40-13-4-14-41-91)84-114(83-112)117-54-21-24-57-120(117)123-66-63-102(129-60-27-30-69-132-129)87-126(123)99-51-33-48-96(72-99)111-80-107(92-42-15-5-16-43-92)75-108(81-111)93-44-17-6-18-45-93/h1-87H. The average molecular weight is 1680 g/mol. The average Bonchev–Trinajstić information content (AvgIpc) is 0.753. The van der Waals surface area contributed by atoms with Crippen molar-refractivity contribution in [1.82, 2.24) is 15.0 Å². The third-order valence-corrected chi connectivity index (χ3v) is 25.4. The second-order valence-corrected chi connectivity index (χ2v) is 33.7. The third kappa shape index (κ3) is 16.8. The first-order chi connectivity index (χ1) is 65.4. The normalized spacial score (nSPS) is 11.2. The number of hydrogen-bond donors (Lipinski definition) is 0. The lowest BCUT2D eigenvalue weighted by atomic mass is 9.83. The lowest BCUT2D eigenvalue weighted by Gasteiger charge is -2.21. The van der Waals surface area contributed by atoms with Gasteiger partial charge in [0.1, 0.15) is 0 Å². The Balaban J connectivity index is 0.748. The fraction of sp³-hybridized carbons (Fsp3) is 0. The molecular weight excluding hydrogens is 1590 g/mol. The molecule has 3 heteroatoms. The molecule has 0 spiro atoms. The van der Waals surface area contributed by atoms with E-state index < -0.39 is 0 Å². The highest BCUT2D eigenvalue weighted by molar-refractivity contribution is 6.02. The summed E-state index contributed by atoms with van der Waals surface area (Å²) in [4.78, 5) is 15.0. The van der Waals surface area contributed by atoms with E-state index in [1.54, 1.807) is 0 Å². The van der Waals surface area contributed by atoms with Gasteiger partial charge in [-0.25, -0.2) is 0 Å². The molecule has 0 aliphatic carbocycles. The Bertz CT molecular complexity index is 7000. The van der Waals surface area contributed by atoms with Crippen LogP contribution in [0.5, 0.6) is 0 Å². The van der Waals surface area contributed by atoms with E-state index in [9.17, 15) is 0 Å². The van der Waals surface area contributed by atoms with Crippen LogP contribution in [0.15, 0.2) is 528 Å². The lowest BCUT2D eigenvalue weighted by Crippen LogP contribution is -1.95. The SMILES string of the molecule is c1ccc(-c2cc(-c3ccccc3)cc(-c3cccc(-c4cc(-c5ccccn5)ccc4-c4ccccc4-c4cc(-c5ccccc5-c5ccc(-c6ccccn6)cc5-c5cccc(-c6cc(-c7ccccc7)cc(-c7ccccc7)c6)c5)cc(-c5ccccc5-c5ccc(-c6ccccn6)cc5-c5cccc(-c6cc(-c7ccccc7)cc(-c7ccccc7)c6)c5)c4)c3)c2)cc1. The van der Waals surface area contributed by atoms with Gasteiger partial charge in [-0.1, -0.05) is 364 Å². The molecule has 22 rings (SSSR count).